The third-order valence-electron chi connectivity index (χ3n) is 3.57. The van der Waals surface area contributed by atoms with E-state index < -0.39 is 10.0 Å². The molecule has 6 nitrogen and oxygen atoms in total. The Hall–Kier alpha value is -2.51. The van der Waals surface area contributed by atoms with Crippen molar-refractivity contribution in [1.82, 2.24) is 0 Å². The first-order chi connectivity index (χ1) is 13.0. The summed E-state index contributed by atoms with van der Waals surface area (Å²) in [6.07, 6.45) is 3.18. The predicted octanol–water partition coefficient (Wildman–Crippen LogP) is 4.69. The molecule has 2 rings (SSSR count). The molecule has 0 spiro atoms. The molecule has 0 aliphatic rings. The van der Waals surface area contributed by atoms with Crippen molar-refractivity contribution in [3.8, 4) is 5.75 Å². The van der Waals surface area contributed by atoms with E-state index in [-0.39, 0.29) is 32.7 Å². The molecule has 0 bridgehead atoms. The molecule has 0 unspecified atom stereocenters. The number of halogens is 1. The van der Waals surface area contributed by atoms with E-state index in [1.807, 2.05) is 20.8 Å². The standard InChI is InChI=1S/C20H23ClN2O4S/c1-20(2,3)12-11-19(24)22-14-9-10-17(27-4)18(13-14)28(25,26)23-16-8-6-5-7-15(16)21/h5-13,23H,1-4H3,(H,22,24). The van der Waals surface area contributed by atoms with Crippen molar-refractivity contribution in [2.75, 3.05) is 17.1 Å². The van der Waals surface area contributed by atoms with Crippen molar-refractivity contribution >= 4 is 38.9 Å². The molecule has 0 saturated carbocycles. The quantitative estimate of drug-likeness (QED) is 0.661. The zero-order chi connectivity index (χ0) is 20.9. The van der Waals surface area contributed by atoms with Crippen LogP contribution in [0.5, 0.6) is 5.75 Å². The summed E-state index contributed by atoms with van der Waals surface area (Å²) in [6, 6.07) is 10.9. The first-order valence-electron chi connectivity index (χ1n) is 8.47. The summed E-state index contributed by atoms with van der Waals surface area (Å²) in [4.78, 5) is 12.0. The van der Waals surface area contributed by atoms with Gasteiger partial charge in [0.05, 0.1) is 17.8 Å². The Balaban J connectivity index is 2.33. The average Bonchev–Trinajstić information content (AvgIpc) is 2.61. The molecule has 0 saturated heterocycles. The normalized spacial score (nSPS) is 12.0. The second-order valence-corrected chi connectivity index (χ2v) is 9.20. The van der Waals surface area contributed by atoms with Crippen LogP contribution in [0.4, 0.5) is 11.4 Å². The number of rotatable bonds is 6. The Morgan fingerprint density at radius 3 is 2.43 bits per heavy atom. The summed E-state index contributed by atoms with van der Waals surface area (Å²) < 4.78 is 33.3. The molecule has 8 heteroatoms. The Bertz CT molecular complexity index is 996. The lowest BCUT2D eigenvalue weighted by Gasteiger charge is -2.14. The van der Waals surface area contributed by atoms with Crippen LogP contribution in [0.25, 0.3) is 0 Å². The van der Waals surface area contributed by atoms with Crippen LogP contribution in [0.3, 0.4) is 0 Å². The summed E-state index contributed by atoms with van der Waals surface area (Å²) in [5, 5.41) is 2.92. The van der Waals surface area contributed by atoms with E-state index in [9.17, 15) is 13.2 Å². The molecule has 150 valence electrons. The molecule has 0 radical (unpaired) electrons. The summed E-state index contributed by atoms with van der Waals surface area (Å²) in [7, 11) is -2.63. The number of carbonyl (C=O) groups excluding carboxylic acids is 1. The molecule has 0 aliphatic carbocycles. The highest BCUT2D eigenvalue weighted by Crippen LogP contribution is 2.30. The molecule has 0 heterocycles. The van der Waals surface area contributed by atoms with Gasteiger partial charge in [0, 0.05) is 5.69 Å². The van der Waals surface area contributed by atoms with Gasteiger partial charge in [-0.05, 0) is 41.8 Å². The summed E-state index contributed by atoms with van der Waals surface area (Å²) >= 11 is 6.04. The maximum Gasteiger partial charge on any atom is 0.265 e. The maximum atomic E-state index is 12.9. The molecule has 0 atom stereocenters. The summed E-state index contributed by atoms with van der Waals surface area (Å²) in [5.41, 5.74) is 0.419. The third-order valence-corrected chi connectivity index (χ3v) is 5.29. The van der Waals surface area contributed by atoms with Crippen LogP contribution in [0.1, 0.15) is 20.8 Å². The highest BCUT2D eigenvalue weighted by atomic mass is 35.5. The number of benzene rings is 2. The first kappa shape index (κ1) is 21.8. The lowest BCUT2D eigenvalue weighted by atomic mass is 9.96. The minimum atomic E-state index is -4.00. The van der Waals surface area contributed by atoms with Crippen LogP contribution in [0.15, 0.2) is 59.5 Å². The van der Waals surface area contributed by atoms with Gasteiger partial charge < -0.3 is 10.1 Å². The third kappa shape index (κ3) is 6.00. The molecule has 28 heavy (non-hydrogen) atoms. The molecule has 0 aromatic heterocycles. The number of hydrogen-bond donors (Lipinski definition) is 2. The molecule has 0 aliphatic heterocycles. The van der Waals surface area contributed by atoms with E-state index in [1.54, 1.807) is 36.4 Å². The van der Waals surface area contributed by atoms with Crippen molar-refractivity contribution in [1.29, 1.82) is 0 Å². The number of nitrogens with one attached hydrogen (secondary N) is 2. The fourth-order valence-corrected chi connectivity index (χ4v) is 3.73. The number of anilines is 2. The van der Waals surface area contributed by atoms with Crippen LogP contribution >= 0.6 is 11.6 Å². The van der Waals surface area contributed by atoms with Gasteiger partial charge in [-0.3, -0.25) is 9.52 Å². The van der Waals surface area contributed by atoms with E-state index in [0.29, 0.717) is 5.69 Å². The van der Waals surface area contributed by atoms with Crippen molar-refractivity contribution in [2.24, 2.45) is 5.41 Å². The lowest BCUT2D eigenvalue weighted by Crippen LogP contribution is -2.16. The fourth-order valence-electron chi connectivity index (χ4n) is 2.22. The molecular weight excluding hydrogens is 400 g/mol. The number of methoxy groups -OCH3 is 1. The van der Waals surface area contributed by atoms with Gasteiger partial charge in [-0.1, -0.05) is 50.6 Å². The van der Waals surface area contributed by atoms with Crippen LogP contribution in [-0.2, 0) is 14.8 Å². The first-order valence-corrected chi connectivity index (χ1v) is 10.3. The van der Waals surface area contributed by atoms with Gasteiger partial charge in [0.15, 0.2) is 0 Å². The van der Waals surface area contributed by atoms with Crippen molar-refractivity contribution < 1.29 is 17.9 Å². The number of amides is 1. The minimum absolute atomic E-state index is 0.118. The smallest absolute Gasteiger partial charge is 0.265 e. The van der Waals surface area contributed by atoms with Crippen molar-refractivity contribution in [3.05, 3.63) is 59.6 Å². The second kappa shape index (κ2) is 8.67. The van der Waals surface area contributed by atoms with E-state index in [4.69, 9.17) is 16.3 Å². The van der Waals surface area contributed by atoms with E-state index in [0.717, 1.165) is 0 Å². The summed E-state index contributed by atoms with van der Waals surface area (Å²) in [6.45, 7) is 5.90. The highest BCUT2D eigenvalue weighted by Gasteiger charge is 2.21. The molecule has 2 aromatic rings. The van der Waals surface area contributed by atoms with E-state index >= 15 is 0 Å². The number of carbonyl (C=O) groups is 1. The SMILES string of the molecule is COc1ccc(NC(=O)C=CC(C)(C)C)cc1S(=O)(=O)Nc1ccccc1Cl. The van der Waals surface area contributed by atoms with Gasteiger partial charge >= 0.3 is 0 Å². The number of sulfonamides is 1. The van der Waals surface area contributed by atoms with Gasteiger partial charge in [-0.2, -0.15) is 0 Å². The van der Waals surface area contributed by atoms with Crippen LogP contribution in [0, 0.1) is 5.41 Å². The Kier molecular flexibility index (Phi) is 6.74. The summed E-state index contributed by atoms with van der Waals surface area (Å²) in [5.74, 6) is -0.217. The number of ether oxygens (including phenoxy) is 1. The lowest BCUT2D eigenvalue weighted by molar-refractivity contribution is -0.112. The zero-order valence-corrected chi connectivity index (χ0v) is 17.7. The van der Waals surface area contributed by atoms with Crippen LogP contribution < -0.4 is 14.8 Å². The van der Waals surface area contributed by atoms with Crippen molar-refractivity contribution in [2.45, 2.75) is 25.7 Å². The Morgan fingerprint density at radius 2 is 1.82 bits per heavy atom. The van der Waals surface area contributed by atoms with Crippen molar-refractivity contribution in [3.63, 3.8) is 0 Å². The maximum absolute atomic E-state index is 12.9. The van der Waals surface area contributed by atoms with Gasteiger partial charge in [-0.15, -0.1) is 0 Å². The van der Waals surface area contributed by atoms with Crippen LogP contribution in [-0.4, -0.2) is 21.4 Å². The van der Waals surface area contributed by atoms with Gasteiger partial charge in [-0.25, -0.2) is 8.42 Å². The largest absolute Gasteiger partial charge is 0.495 e. The minimum Gasteiger partial charge on any atom is -0.495 e. The monoisotopic (exact) mass is 422 g/mol. The fraction of sp³-hybridized carbons (Fsp3) is 0.250. The van der Waals surface area contributed by atoms with Gasteiger partial charge in [0.1, 0.15) is 10.6 Å². The Morgan fingerprint density at radius 1 is 1.14 bits per heavy atom. The topological polar surface area (TPSA) is 84.5 Å². The Labute approximate surface area is 170 Å². The van der Waals surface area contributed by atoms with Crippen LogP contribution in [0.2, 0.25) is 5.02 Å². The number of para-hydroxylation sites is 1. The second-order valence-electron chi connectivity index (χ2n) is 7.14. The van der Waals surface area contributed by atoms with E-state index in [2.05, 4.69) is 10.0 Å². The van der Waals surface area contributed by atoms with Gasteiger partial charge in [0.25, 0.3) is 10.0 Å². The highest BCUT2D eigenvalue weighted by molar-refractivity contribution is 7.92. The predicted molar refractivity (Wildman–Crippen MR) is 112 cm³/mol. The molecule has 1 amide bonds. The number of hydrogen-bond acceptors (Lipinski definition) is 4. The molecule has 0 fully saturated rings. The van der Waals surface area contributed by atoms with E-state index in [1.165, 1.54) is 25.3 Å². The molecule has 2 aromatic carbocycles. The molecule has 2 N–H and O–H groups in total. The van der Waals surface area contributed by atoms with Gasteiger partial charge in [0.2, 0.25) is 5.91 Å². The number of allylic oxidation sites excluding steroid dienone is 1. The molecular formula is C20H23ClN2O4S. The zero-order valence-electron chi connectivity index (χ0n) is 16.1. The average molecular weight is 423 g/mol.